The quantitative estimate of drug-likeness (QED) is 0.707. The van der Waals surface area contributed by atoms with Crippen molar-refractivity contribution in [2.45, 2.75) is 74.6 Å². The third kappa shape index (κ3) is 5.32. The number of aliphatic hydroxyl groups is 1. The zero-order valence-corrected chi connectivity index (χ0v) is 14.5. The molecule has 0 spiro atoms. The highest BCUT2D eigenvalue weighted by Gasteiger charge is 2.33. The monoisotopic (exact) mass is 307 g/mol. The molecule has 1 aliphatic rings. The maximum Gasteiger partial charge on any atom is 0.0611 e. The Morgan fingerprint density at radius 3 is 2.33 bits per heavy atom. The molecule has 0 saturated heterocycles. The van der Waals surface area contributed by atoms with Gasteiger partial charge in [0.25, 0.3) is 0 Å². The average molecular weight is 308 g/mol. The number of hydrogen-bond acceptors (Lipinski definition) is 3. The number of benzene rings is 1. The number of rotatable bonds is 8. The van der Waals surface area contributed by atoms with E-state index in [4.69, 9.17) is 0 Å². The molecule has 0 radical (unpaired) electrons. The molecule has 0 aliphatic heterocycles. The molecule has 2 rings (SSSR count). The molecular formula is C18H29NOS. The molecule has 2 atom stereocenters. The Labute approximate surface area is 133 Å². The molecule has 1 aromatic carbocycles. The van der Waals surface area contributed by atoms with Gasteiger partial charge >= 0.3 is 0 Å². The van der Waals surface area contributed by atoms with Crippen LogP contribution in [0.4, 0.5) is 0 Å². The molecule has 0 amide bonds. The van der Waals surface area contributed by atoms with Crippen LogP contribution in [0, 0.1) is 0 Å². The van der Waals surface area contributed by atoms with Gasteiger partial charge in [0.2, 0.25) is 0 Å². The molecule has 1 aliphatic carbocycles. The van der Waals surface area contributed by atoms with Gasteiger partial charge in [0.05, 0.1) is 6.61 Å². The summed E-state index contributed by atoms with van der Waals surface area (Å²) in [4.78, 5) is 1.32. The molecule has 0 bridgehead atoms. The standard InChI is InChI=1S/C18H29NOS/c1-13(2)15-5-9-17(10-6-15)21-14(3)11-18(4,12-20)19-16-7-8-16/h5-6,9-10,13-14,16,19-20H,7-8,11-12H2,1-4H3. The summed E-state index contributed by atoms with van der Waals surface area (Å²) in [5.41, 5.74) is 1.24. The van der Waals surface area contributed by atoms with Gasteiger partial charge in [-0.05, 0) is 49.8 Å². The largest absolute Gasteiger partial charge is 0.394 e. The van der Waals surface area contributed by atoms with Crippen molar-refractivity contribution in [2.75, 3.05) is 6.61 Å². The molecule has 0 aromatic heterocycles. The van der Waals surface area contributed by atoms with Crippen molar-refractivity contribution in [1.29, 1.82) is 0 Å². The highest BCUT2D eigenvalue weighted by molar-refractivity contribution is 7.99. The van der Waals surface area contributed by atoms with Crippen LogP contribution in [0.25, 0.3) is 0 Å². The molecule has 1 saturated carbocycles. The van der Waals surface area contributed by atoms with Crippen LogP contribution in [0.1, 0.15) is 58.4 Å². The smallest absolute Gasteiger partial charge is 0.0611 e. The maximum atomic E-state index is 9.70. The lowest BCUT2D eigenvalue weighted by atomic mass is 9.97. The summed E-state index contributed by atoms with van der Waals surface area (Å²) in [6.07, 6.45) is 3.50. The number of thioether (sulfide) groups is 1. The van der Waals surface area contributed by atoms with Crippen LogP contribution in [0.3, 0.4) is 0 Å². The van der Waals surface area contributed by atoms with Crippen LogP contribution in [0.15, 0.2) is 29.2 Å². The lowest BCUT2D eigenvalue weighted by molar-refractivity contribution is 0.164. The van der Waals surface area contributed by atoms with Crippen molar-refractivity contribution in [3.05, 3.63) is 29.8 Å². The number of hydrogen-bond donors (Lipinski definition) is 2. The van der Waals surface area contributed by atoms with E-state index in [2.05, 4.69) is 57.3 Å². The topological polar surface area (TPSA) is 32.3 Å². The normalized spacial score (nSPS) is 19.5. The van der Waals surface area contributed by atoms with E-state index in [0.29, 0.717) is 17.2 Å². The summed E-state index contributed by atoms with van der Waals surface area (Å²) in [6, 6.07) is 9.54. The van der Waals surface area contributed by atoms with Crippen molar-refractivity contribution < 1.29 is 5.11 Å². The van der Waals surface area contributed by atoms with E-state index >= 15 is 0 Å². The van der Waals surface area contributed by atoms with Gasteiger partial charge in [0.15, 0.2) is 0 Å². The molecule has 1 aromatic rings. The summed E-state index contributed by atoms with van der Waals surface area (Å²) in [5, 5.41) is 13.8. The summed E-state index contributed by atoms with van der Waals surface area (Å²) in [7, 11) is 0. The fourth-order valence-electron chi connectivity index (χ4n) is 2.73. The second kappa shape index (κ2) is 7.17. The fourth-order valence-corrected chi connectivity index (χ4v) is 3.94. The first-order valence-electron chi connectivity index (χ1n) is 8.07. The molecular weight excluding hydrogens is 278 g/mol. The van der Waals surface area contributed by atoms with Crippen LogP contribution in [0.2, 0.25) is 0 Å². The molecule has 1 fully saturated rings. The Bertz CT molecular complexity index is 441. The predicted octanol–water partition coefficient (Wildman–Crippen LogP) is 4.18. The first-order valence-corrected chi connectivity index (χ1v) is 8.95. The Morgan fingerprint density at radius 1 is 1.24 bits per heavy atom. The van der Waals surface area contributed by atoms with Crippen LogP contribution in [-0.4, -0.2) is 28.5 Å². The summed E-state index contributed by atoms with van der Waals surface area (Å²) in [5.74, 6) is 0.585. The van der Waals surface area contributed by atoms with Crippen molar-refractivity contribution in [1.82, 2.24) is 5.32 Å². The van der Waals surface area contributed by atoms with Crippen LogP contribution >= 0.6 is 11.8 Å². The van der Waals surface area contributed by atoms with Crippen LogP contribution in [0.5, 0.6) is 0 Å². The van der Waals surface area contributed by atoms with Gasteiger partial charge in [-0.2, -0.15) is 0 Å². The average Bonchev–Trinajstić information content (AvgIpc) is 3.22. The molecule has 2 nitrogen and oxygen atoms in total. The Kier molecular flexibility index (Phi) is 5.75. The molecule has 3 heteroatoms. The highest BCUT2D eigenvalue weighted by atomic mass is 32.2. The van der Waals surface area contributed by atoms with Gasteiger partial charge in [-0.1, -0.05) is 32.9 Å². The maximum absolute atomic E-state index is 9.70. The minimum Gasteiger partial charge on any atom is -0.394 e. The summed E-state index contributed by atoms with van der Waals surface area (Å²) in [6.45, 7) is 9.05. The third-order valence-electron chi connectivity index (χ3n) is 4.10. The van der Waals surface area contributed by atoms with Crippen molar-refractivity contribution in [3.8, 4) is 0 Å². The molecule has 21 heavy (non-hydrogen) atoms. The van der Waals surface area contributed by atoms with Crippen LogP contribution in [-0.2, 0) is 0 Å². The van der Waals surface area contributed by atoms with E-state index in [1.807, 2.05) is 11.8 Å². The second-order valence-corrected chi connectivity index (χ2v) is 8.51. The SMILES string of the molecule is CC(CC(C)(CO)NC1CC1)Sc1ccc(C(C)C)cc1. The zero-order chi connectivity index (χ0) is 15.5. The van der Waals surface area contributed by atoms with E-state index in [-0.39, 0.29) is 12.1 Å². The van der Waals surface area contributed by atoms with Crippen molar-refractivity contribution in [3.63, 3.8) is 0 Å². The van der Waals surface area contributed by atoms with Gasteiger partial charge in [-0.15, -0.1) is 11.8 Å². The minimum atomic E-state index is -0.147. The molecule has 2 N–H and O–H groups in total. The molecule has 2 unspecified atom stereocenters. The Balaban J connectivity index is 1.88. The van der Waals surface area contributed by atoms with E-state index in [9.17, 15) is 5.11 Å². The molecule has 0 heterocycles. The Morgan fingerprint density at radius 2 is 1.86 bits per heavy atom. The van der Waals surface area contributed by atoms with Crippen molar-refractivity contribution in [2.24, 2.45) is 0 Å². The van der Waals surface area contributed by atoms with Gasteiger partial charge in [-0.3, -0.25) is 0 Å². The first kappa shape index (κ1) is 16.9. The predicted molar refractivity (Wildman–Crippen MR) is 92.1 cm³/mol. The van der Waals surface area contributed by atoms with Gasteiger partial charge in [0, 0.05) is 21.7 Å². The highest BCUT2D eigenvalue weighted by Crippen LogP contribution is 2.31. The Hall–Kier alpha value is -0.510. The van der Waals surface area contributed by atoms with E-state index in [1.54, 1.807) is 0 Å². The lowest BCUT2D eigenvalue weighted by Crippen LogP contribution is -2.48. The summed E-state index contributed by atoms with van der Waals surface area (Å²) >= 11 is 1.90. The lowest BCUT2D eigenvalue weighted by Gasteiger charge is -2.31. The van der Waals surface area contributed by atoms with E-state index in [0.717, 1.165) is 6.42 Å². The zero-order valence-electron chi connectivity index (χ0n) is 13.7. The van der Waals surface area contributed by atoms with Gasteiger partial charge in [-0.25, -0.2) is 0 Å². The third-order valence-corrected chi connectivity index (χ3v) is 5.21. The fraction of sp³-hybridized carbons (Fsp3) is 0.667. The van der Waals surface area contributed by atoms with Crippen molar-refractivity contribution >= 4 is 11.8 Å². The van der Waals surface area contributed by atoms with Gasteiger partial charge in [0.1, 0.15) is 0 Å². The minimum absolute atomic E-state index is 0.147. The van der Waals surface area contributed by atoms with E-state index in [1.165, 1.54) is 23.3 Å². The number of nitrogens with one attached hydrogen (secondary N) is 1. The van der Waals surface area contributed by atoms with Gasteiger partial charge < -0.3 is 10.4 Å². The number of aliphatic hydroxyl groups excluding tert-OH is 1. The summed E-state index contributed by atoms with van der Waals surface area (Å²) < 4.78 is 0. The van der Waals surface area contributed by atoms with E-state index < -0.39 is 0 Å². The first-order chi connectivity index (χ1) is 9.92. The van der Waals surface area contributed by atoms with Crippen LogP contribution < -0.4 is 5.32 Å². The molecule has 118 valence electrons. The second-order valence-electron chi connectivity index (χ2n) is 6.99.